The standard InChI is InChI=1S/C8H12O3/c1-6(2)8(9)11-5-7-3-10-4-7/h7H,1,3-5H2,2H3. The first kappa shape index (κ1) is 8.27. The molecule has 11 heavy (non-hydrogen) atoms. The van der Waals surface area contributed by atoms with E-state index in [4.69, 9.17) is 9.47 Å². The molecular weight excluding hydrogens is 144 g/mol. The third-order valence-corrected chi connectivity index (χ3v) is 1.51. The topological polar surface area (TPSA) is 35.5 Å². The van der Waals surface area contributed by atoms with Crippen LogP contribution in [0.4, 0.5) is 0 Å². The van der Waals surface area contributed by atoms with Crippen molar-refractivity contribution in [2.24, 2.45) is 5.92 Å². The molecule has 1 rings (SSSR count). The molecule has 3 heteroatoms. The van der Waals surface area contributed by atoms with E-state index in [9.17, 15) is 4.79 Å². The van der Waals surface area contributed by atoms with Crippen LogP contribution in [-0.2, 0) is 14.3 Å². The molecule has 0 saturated carbocycles. The van der Waals surface area contributed by atoms with Gasteiger partial charge in [-0.3, -0.25) is 0 Å². The van der Waals surface area contributed by atoms with E-state index >= 15 is 0 Å². The van der Waals surface area contributed by atoms with Crippen LogP contribution in [0.3, 0.4) is 0 Å². The number of ether oxygens (including phenoxy) is 2. The maximum Gasteiger partial charge on any atom is 0.333 e. The highest BCUT2D eigenvalue weighted by Gasteiger charge is 2.19. The summed E-state index contributed by atoms with van der Waals surface area (Å²) < 4.78 is 9.80. The maximum absolute atomic E-state index is 10.8. The first-order chi connectivity index (χ1) is 5.20. The van der Waals surface area contributed by atoms with Gasteiger partial charge in [0.25, 0.3) is 0 Å². The summed E-state index contributed by atoms with van der Waals surface area (Å²) in [5, 5.41) is 0. The van der Waals surface area contributed by atoms with Gasteiger partial charge in [0.1, 0.15) is 0 Å². The predicted molar refractivity (Wildman–Crippen MR) is 40.1 cm³/mol. The van der Waals surface area contributed by atoms with Crippen molar-refractivity contribution < 1.29 is 14.3 Å². The Morgan fingerprint density at radius 2 is 2.36 bits per heavy atom. The minimum Gasteiger partial charge on any atom is -0.462 e. The van der Waals surface area contributed by atoms with Crippen LogP contribution in [-0.4, -0.2) is 25.8 Å². The Morgan fingerprint density at radius 1 is 1.73 bits per heavy atom. The Labute approximate surface area is 66.0 Å². The summed E-state index contributed by atoms with van der Waals surface area (Å²) in [6, 6.07) is 0. The molecule has 0 bridgehead atoms. The number of hydrogen-bond donors (Lipinski definition) is 0. The van der Waals surface area contributed by atoms with Crippen molar-refractivity contribution in [3.8, 4) is 0 Å². The first-order valence-electron chi connectivity index (χ1n) is 3.60. The molecule has 62 valence electrons. The van der Waals surface area contributed by atoms with Gasteiger partial charge in [0.05, 0.1) is 19.8 Å². The molecule has 1 heterocycles. The van der Waals surface area contributed by atoms with E-state index in [-0.39, 0.29) is 5.97 Å². The molecule has 1 aliphatic heterocycles. The Bertz CT molecular complexity index is 170. The van der Waals surface area contributed by atoms with Crippen LogP contribution in [0.15, 0.2) is 12.2 Å². The Kier molecular flexibility index (Phi) is 2.65. The van der Waals surface area contributed by atoms with Gasteiger partial charge in [-0.25, -0.2) is 4.79 Å². The van der Waals surface area contributed by atoms with Crippen molar-refractivity contribution in [1.29, 1.82) is 0 Å². The van der Waals surface area contributed by atoms with Crippen LogP contribution < -0.4 is 0 Å². The summed E-state index contributed by atoms with van der Waals surface area (Å²) in [7, 11) is 0. The summed E-state index contributed by atoms with van der Waals surface area (Å²) in [4.78, 5) is 10.8. The molecule has 0 unspecified atom stereocenters. The predicted octanol–water partition coefficient (Wildman–Crippen LogP) is 0.752. The maximum atomic E-state index is 10.8. The van der Waals surface area contributed by atoms with Crippen LogP contribution in [0, 0.1) is 5.92 Å². The second-order valence-corrected chi connectivity index (χ2v) is 2.78. The van der Waals surface area contributed by atoms with E-state index < -0.39 is 0 Å². The molecule has 0 aromatic heterocycles. The van der Waals surface area contributed by atoms with Gasteiger partial charge in [-0.2, -0.15) is 0 Å². The van der Waals surface area contributed by atoms with Crippen LogP contribution in [0.2, 0.25) is 0 Å². The van der Waals surface area contributed by atoms with E-state index in [1.807, 2.05) is 0 Å². The second-order valence-electron chi connectivity index (χ2n) is 2.78. The molecule has 0 radical (unpaired) electrons. The zero-order valence-electron chi connectivity index (χ0n) is 6.63. The van der Waals surface area contributed by atoms with Crippen LogP contribution in [0.25, 0.3) is 0 Å². The van der Waals surface area contributed by atoms with Gasteiger partial charge in [-0.05, 0) is 6.92 Å². The minimum absolute atomic E-state index is 0.308. The molecule has 1 aliphatic rings. The molecule has 0 amide bonds. The Balaban J connectivity index is 2.10. The number of carbonyl (C=O) groups excluding carboxylic acids is 1. The lowest BCUT2D eigenvalue weighted by molar-refractivity contribution is -0.146. The van der Waals surface area contributed by atoms with Crippen LogP contribution in [0.5, 0.6) is 0 Å². The van der Waals surface area contributed by atoms with Crippen molar-refractivity contribution >= 4 is 5.97 Å². The Morgan fingerprint density at radius 3 is 2.73 bits per heavy atom. The molecule has 1 fully saturated rings. The zero-order valence-corrected chi connectivity index (χ0v) is 6.63. The van der Waals surface area contributed by atoms with Gasteiger partial charge in [0.2, 0.25) is 0 Å². The van der Waals surface area contributed by atoms with Gasteiger partial charge in [-0.1, -0.05) is 6.58 Å². The zero-order chi connectivity index (χ0) is 8.27. The Hall–Kier alpha value is -0.830. The number of carbonyl (C=O) groups is 1. The van der Waals surface area contributed by atoms with Gasteiger partial charge < -0.3 is 9.47 Å². The molecule has 0 N–H and O–H groups in total. The van der Waals surface area contributed by atoms with Gasteiger partial charge >= 0.3 is 5.97 Å². The largest absolute Gasteiger partial charge is 0.462 e. The monoisotopic (exact) mass is 156 g/mol. The molecule has 0 spiro atoms. The van der Waals surface area contributed by atoms with Crippen molar-refractivity contribution in [1.82, 2.24) is 0 Å². The normalized spacial score (nSPS) is 17.2. The third-order valence-electron chi connectivity index (χ3n) is 1.51. The van der Waals surface area contributed by atoms with E-state index in [0.717, 1.165) is 0 Å². The summed E-state index contributed by atoms with van der Waals surface area (Å²) in [6.45, 7) is 7.00. The first-order valence-corrected chi connectivity index (χ1v) is 3.60. The smallest absolute Gasteiger partial charge is 0.333 e. The summed E-state index contributed by atoms with van der Waals surface area (Å²) in [5.41, 5.74) is 0.449. The van der Waals surface area contributed by atoms with Gasteiger partial charge in [0, 0.05) is 11.5 Å². The van der Waals surface area contributed by atoms with Gasteiger partial charge in [-0.15, -0.1) is 0 Å². The van der Waals surface area contributed by atoms with Crippen LogP contribution in [0.1, 0.15) is 6.92 Å². The summed E-state index contributed by atoms with van der Waals surface area (Å²) >= 11 is 0. The molecule has 1 saturated heterocycles. The number of rotatable bonds is 3. The molecule has 0 aliphatic carbocycles. The molecule has 0 aromatic rings. The number of hydrogen-bond acceptors (Lipinski definition) is 3. The van der Waals surface area contributed by atoms with E-state index in [1.54, 1.807) is 6.92 Å². The highest BCUT2D eigenvalue weighted by Crippen LogP contribution is 2.10. The minimum atomic E-state index is -0.308. The summed E-state index contributed by atoms with van der Waals surface area (Å²) in [5.74, 6) is 0.0928. The van der Waals surface area contributed by atoms with E-state index in [0.29, 0.717) is 31.3 Å². The quantitative estimate of drug-likeness (QED) is 0.447. The SMILES string of the molecule is C=C(C)C(=O)OCC1COC1. The fourth-order valence-electron chi connectivity index (χ4n) is 0.697. The average Bonchev–Trinajstić information content (AvgIpc) is 1.83. The summed E-state index contributed by atoms with van der Waals surface area (Å²) in [6.07, 6.45) is 0. The lowest BCUT2D eigenvalue weighted by atomic mass is 10.1. The lowest BCUT2D eigenvalue weighted by Crippen LogP contribution is -2.32. The lowest BCUT2D eigenvalue weighted by Gasteiger charge is -2.25. The fourth-order valence-corrected chi connectivity index (χ4v) is 0.697. The highest BCUT2D eigenvalue weighted by atomic mass is 16.5. The molecular formula is C8H12O3. The highest BCUT2D eigenvalue weighted by molar-refractivity contribution is 5.86. The average molecular weight is 156 g/mol. The third kappa shape index (κ3) is 2.35. The van der Waals surface area contributed by atoms with Gasteiger partial charge in [0.15, 0.2) is 0 Å². The van der Waals surface area contributed by atoms with Crippen molar-refractivity contribution in [2.75, 3.05) is 19.8 Å². The van der Waals surface area contributed by atoms with Crippen molar-refractivity contribution in [3.63, 3.8) is 0 Å². The second kappa shape index (κ2) is 3.53. The van der Waals surface area contributed by atoms with E-state index in [2.05, 4.69) is 6.58 Å². The fraction of sp³-hybridized carbons (Fsp3) is 0.625. The van der Waals surface area contributed by atoms with Crippen LogP contribution >= 0.6 is 0 Å². The van der Waals surface area contributed by atoms with Crippen molar-refractivity contribution in [3.05, 3.63) is 12.2 Å². The number of esters is 1. The molecule has 0 aromatic carbocycles. The van der Waals surface area contributed by atoms with E-state index in [1.165, 1.54) is 0 Å². The molecule has 3 nitrogen and oxygen atoms in total. The van der Waals surface area contributed by atoms with Crippen molar-refractivity contribution in [2.45, 2.75) is 6.92 Å². The molecule has 0 atom stereocenters.